The lowest BCUT2D eigenvalue weighted by Gasteiger charge is -2.17. The lowest BCUT2D eigenvalue weighted by molar-refractivity contribution is 0.781. The van der Waals surface area contributed by atoms with Gasteiger partial charge in [-0.25, -0.2) is 4.98 Å². The zero-order valence-electron chi connectivity index (χ0n) is 9.59. The van der Waals surface area contributed by atoms with E-state index in [9.17, 15) is 4.79 Å². The van der Waals surface area contributed by atoms with Crippen molar-refractivity contribution in [1.29, 1.82) is 0 Å². The van der Waals surface area contributed by atoms with Crippen LogP contribution in [0.5, 0.6) is 0 Å². The Hall–Kier alpha value is -0.840. The molecule has 0 saturated carbocycles. The summed E-state index contributed by atoms with van der Waals surface area (Å²) in [5.41, 5.74) is 0.756. The molecule has 1 aliphatic heterocycles. The quantitative estimate of drug-likeness (QED) is 0.907. The van der Waals surface area contributed by atoms with E-state index in [1.807, 2.05) is 13.8 Å². The predicted octanol–water partition coefficient (Wildman–Crippen LogP) is 2.26. The minimum Gasteiger partial charge on any atom is -0.342 e. The molecule has 2 heterocycles. The van der Waals surface area contributed by atoms with E-state index < -0.39 is 0 Å². The topological polar surface area (TPSA) is 49.0 Å². The summed E-state index contributed by atoms with van der Waals surface area (Å²) in [6, 6.07) is 0. The molecule has 0 unspecified atom stereocenters. The zero-order chi connectivity index (χ0) is 11.7. The standard InChI is InChI=1S/C11H16BrN3O/c1-7(2)9-8(12)10(16)14-11(13-9)15-5-3-4-6-15/h7H,3-6H2,1-2H3,(H,13,14,16). The molecule has 0 spiro atoms. The molecular formula is C11H16BrN3O. The molecule has 0 aliphatic carbocycles. The molecule has 1 saturated heterocycles. The van der Waals surface area contributed by atoms with Crippen LogP contribution in [-0.2, 0) is 0 Å². The number of H-pyrrole nitrogens is 1. The monoisotopic (exact) mass is 285 g/mol. The number of halogens is 1. The predicted molar refractivity (Wildman–Crippen MR) is 68.1 cm³/mol. The molecule has 1 fully saturated rings. The van der Waals surface area contributed by atoms with Crippen molar-refractivity contribution in [2.75, 3.05) is 18.0 Å². The second-order valence-corrected chi connectivity index (χ2v) is 5.23. The molecule has 0 bridgehead atoms. The van der Waals surface area contributed by atoms with Crippen LogP contribution in [0.4, 0.5) is 5.95 Å². The van der Waals surface area contributed by atoms with E-state index in [-0.39, 0.29) is 11.5 Å². The Bertz CT molecular complexity index is 435. The number of anilines is 1. The van der Waals surface area contributed by atoms with Crippen molar-refractivity contribution in [3.8, 4) is 0 Å². The van der Waals surface area contributed by atoms with Gasteiger partial charge in [-0.2, -0.15) is 0 Å². The maximum atomic E-state index is 11.8. The molecule has 0 atom stereocenters. The van der Waals surface area contributed by atoms with Crippen LogP contribution in [-0.4, -0.2) is 23.1 Å². The average molecular weight is 286 g/mol. The number of aromatic nitrogens is 2. The van der Waals surface area contributed by atoms with E-state index in [0.717, 1.165) is 24.7 Å². The normalized spacial score (nSPS) is 16.1. The lowest BCUT2D eigenvalue weighted by atomic mass is 10.1. The highest BCUT2D eigenvalue weighted by Gasteiger charge is 2.18. The number of hydrogen-bond acceptors (Lipinski definition) is 3. The van der Waals surface area contributed by atoms with Crippen molar-refractivity contribution in [1.82, 2.24) is 9.97 Å². The van der Waals surface area contributed by atoms with Crippen LogP contribution in [0.15, 0.2) is 9.27 Å². The SMILES string of the molecule is CC(C)c1nc(N2CCCC2)[nH]c(=O)c1Br. The fraction of sp³-hybridized carbons (Fsp3) is 0.636. The van der Waals surface area contributed by atoms with Gasteiger partial charge in [0, 0.05) is 13.1 Å². The first-order valence-corrected chi connectivity index (χ1v) is 6.43. The van der Waals surface area contributed by atoms with E-state index in [0.29, 0.717) is 4.47 Å². The smallest absolute Gasteiger partial charge is 0.266 e. The maximum absolute atomic E-state index is 11.8. The Morgan fingerprint density at radius 3 is 2.56 bits per heavy atom. The fourth-order valence-electron chi connectivity index (χ4n) is 1.93. The first-order valence-electron chi connectivity index (χ1n) is 5.64. The highest BCUT2D eigenvalue weighted by molar-refractivity contribution is 9.10. The first kappa shape index (κ1) is 11.6. The third kappa shape index (κ3) is 2.14. The maximum Gasteiger partial charge on any atom is 0.266 e. The molecule has 5 heteroatoms. The molecule has 1 aromatic heterocycles. The summed E-state index contributed by atoms with van der Waals surface area (Å²) in [6.45, 7) is 6.06. The Morgan fingerprint density at radius 1 is 1.38 bits per heavy atom. The molecule has 0 aromatic carbocycles. The van der Waals surface area contributed by atoms with Crippen LogP contribution < -0.4 is 10.5 Å². The van der Waals surface area contributed by atoms with Gasteiger partial charge in [-0.1, -0.05) is 13.8 Å². The Labute approximate surface area is 103 Å². The molecule has 2 rings (SSSR count). The summed E-state index contributed by atoms with van der Waals surface area (Å²) in [5.74, 6) is 0.965. The Balaban J connectivity index is 2.43. The van der Waals surface area contributed by atoms with Crippen LogP contribution in [0.2, 0.25) is 0 Å². The van der Waals surface area contributed by atoms with Crippen LogP contribution in [0.1, 0.15) is 38.3 Å². The van der Waals surface area contributed by atoms with Gasteiger partial charge in [0.2, 0.25) is 5.95 Å². The van der Waals surface area contributed by atoms with Gasteiger partial charge in [0.25, 0.3) is 5.56 Å². The molecule has 88 valence electrons. The van der Waals surface area contributed by atoms with Crippen molar-refractivity contribution in [2.45, 2.75) is 32.6 Å². The fourth-order valence-corrected chi connectivity index (χ4v) is 2.57. The van der Waals surface area contributed by atoms with Gasteiger partial charge < -0.3 is 4.90 Å². The first-order chi connectivity index (χ1) is 7.59. The van der Waals surface area contributed by atoms with Crippen molar-refractivity contribution in [3.63, 3.8) is 0 Å². The molecule has 0 radical (unpaired) electrons. The summed E-state index contributed by atoms with van der Waals surface area (Å²) in [4.78, 5) is 21.3. The minimum absolute atomic E-state index is 0.0828. The van der Waals surface area contributed by atoms with Crippen LogP contribution in [0, 0.1) is 0 Å². The molecule has 0 amide bonds. The van der Waals surface area contributed by atoms with Gasteiger partial charge in [-0.15, -0.1) is 0 Å². The van der Waals surface area contributed by atoms with Crippen LogP contribution >= 0.6 is 15.9 Å². The minimum atomic E-state index is -0.0828. The van der Waals surface area contributed by atoms with Gasteiger partial charge in [-0.3, -0.25) is 9.78 Å². The summed E-state index contributed by atoms with van der Waals surface area (Å²) in [6.07, 6.45) is 2.35. The number of nitrogens with zero attached hydrogens (tertiary/aromatic N) is 2. The number of nitrogens with one attached hydrogen (secondary N) is 1. The third-order valence-corrected chi connectivity index (χ3v) is 3.59. The van der Waals surface area contributed by atoms with Gasteiger partial charge in [0.1, 0.15) is 4.47 Å². The third-order valence-electron chi connectivity index (χ3n) is 2.83. The molecule has 4 nitrogen and oxygen atoms in total. The van der Waals surface area contributed by atoms with Crippen molar-refractivity contribution < 1.29 is 0 Å². The summed E-state index contributed by atoms with van der Waals surface area (Å²) in [7, 11) is 0. The Morgan fingerprint density at radius 2 is 2.00 bits per heavy atom. The summed E-state index contributed by atoms with van der Waals surface area (Å²) < 4.78 is 0.561. The molecule has 1 N–H and O–H groups in total. The van der Waals surface area contributed by atoms with Crippen molar-refractivity contribution in [3.05, 3.63) is 20.5 Å². The van der Waals surface area contributed by atoms with Crippen LogP contribution in [0.25, 0.3) is 0 Å². The second-order valence-electron chi connectivity index (χ2n) is 4.44. The highest BCUT2D eigenvalue weighted by atomic mass is 79.9. The van der Waals surface area contributed by atoms with Gasteiger partial charge in [0.15, 0.2) is 0 Å². The zero-order valence-corrected chi connectivity index (χ0v) is 11.2. The van der Waals surface area contributed by atoms with E-state index in [1.165, 1.54) is 12.8 Å². The van der Waals surface area contributed by atoms with Gasteiger partial charge in [0.05, 0.1) is 5.69 Å². The Kier molecular flexibility index (Phi) is 3.33. The number of aromatic amines is 1. The highest BCUT2D eigenvalue weighted by Crippen LogP contribution is 2.22. The van der Waals surface area contributed by atoms with Crippen molar-refractivity contribution in [2.24, 2.45) is 0 Å². The van der Waals surface area contributed by atoms with Gasteiger partial charge >= 0.3 is 0 Å². The van der Waals surface area contributed by atoms with Crippen LogP contribution in [0.3, 0.4) is 0 Å². The van der Waals surface area contributed by atoms with E-state index in [4.69, 9.17) is 0 Å². The number of hydrogen-bond donors (Lipinski definition) is 1. The second kappa shape index (κ2) is 4.57. The molecule has 1 aliphatic rings. The van der Waals surface area contributed by atoms with E-state index >= 15 is 0 Å². The molecule has 1 aromatic rings. The van der Waals surface area contributed by atoms with Gasteiger partial charge in [-0.05, 0) is 34.7 Å². The summed E-state index contributed by atoms with van der Waals surface area (Å²) in [5, 5.41) is 0. The van der Waals surface area contributed by atoms with E-state index in [2.05, 4.69) is 30.8 Å². The molecule has 16 heavy (non-hydrogen) atoms. The van der Waals surface area contributed by atoms with Crippen molar-refractivity contribution >= 4 is 21.9 Å². The summed E-state index contributed by atoms with van der Waals surface area (Å²) >= 11 is 3.30. The number of rotatable bonds is 2. The van der Waals surface area contributed by atoms with E-state index in [1.54, 1.807) is 0 Å². The average Bonchev–Trinajstić information content (AvgIpc) is 2.74. The largest absolute Gasteiger partial charge is 0.342 e. The molecular weight excluding hydrogens is 270 g/mol. The lowest BCUT2D eigenvalue weighted by Crippen LogP contribution is -2.25.